The lowest BCUT2D eigenvalue weighted by Crippen LogP contribution is -2.08. The van der Waals surface area contributed by atoms with E-state index >= 15 is 0 Å². The Balaban J connectivity index is 3.03. The van der Waals surface area contributed by atoms with Crippen molar-refractivity contribution in [3.05, 3.63) is 29.8 Å². The number of ether oxygens (including phenoxy) is 1. The van der Waals surface area contributed by atoms with Crippen LogP contribution in [0.4, 0.5) is 0 Å². The van der Waals surface area contributed by atoms with Gasteiger partial charge in [0.05, 0.1) is 7.11 Å². The highest BCUT2D eigenvalue weighted by Gasteiger charge is 2.18. The molecule has 0 aliphatic heterocycles. The Morgan fingerprint density at radius 3 is 2.53 bits per heavy atom. The molecule has 0 radical (unpaired) electrons. The molecule has 0 spiro atoms. The van der Waals surface area contributed by atoms with Crippen molar-refractivity contribution in [1.82, 2.24) is 0 Å². The van der Waals surface area contributed by atoms with E-state index in [0.717, 1.165) is 17.6 Å². The number of methoxy groups -OCH3 is 1. The summed E-state index contributed by atoms with van der Waals surface area (Å²) in [5, 5.41) is 0. The number of aldehydes is 1. The fourth-order valence-corrected chi connectivity index (χ4v) is 1.83. The van der Waals surface area contributed by atoms with Crippen molar-refractivity contribution in [3.63, 3.8) is 0 Å². The Kier molecular flexibility index (Phi) is 4.35. The van der Waals surface area contributed by atoms with Gasteiger partial charge in [-0.25, -0.2) is 0 Å². The summed E-state index contributed by atoms with van der Waals surface area (Å²) in [7, 11) is 1.66. The lowest BCUT2D eigenvalue weighted by molar-refractivity contribution is -0.108. The van der Waals surface area contributed by atoms with Gasteiger partial charge in [-0.05, 0) is 23.5 Å². The minimum atomic E-state index is 0.249. The van der Waals surface area contributed by atoms with E-state index in [2.05, 4.69) is 13.8 Å². The third kappa shape index (κ3) is 2.82. The van der Waals surface area contributed by atoms with Crippen LogP contribution in [0.5, 0.6) is 5.75 Å². The molecule has 1 aromatic carbocycles. The molecule has 0 saturated heterocycles. The fraction of sp³-hybridized carbons (Fsp3) is 0.462. The first-order valence-corrected chi connectivity index (χ1v) is 5.27. The van der Waals surface area contributed by atoms with Crippen LogP contribution in [0.25, 0.3) is 0 Å². The van der Waals surface area contributed by atoms with Crippen LogP contribution in [0.3, 0.4) is 0 Å². The van der Waals surface area contributed by atoms with Crippen LogP contribution in [-0.2, 0) is 4.79 Å². The molecule has 0 bridgehead atoms. The van der Waals surface area contributed by atoms with Gasteiger partial charge < -0.3 is 9.53 Å². The summed E-state index contributed by atoms with van der Waals surface area (Å²) in [5.74, 6) is 1.56. The summed E-state index contributed by atoms with van der Waals surface area (Å²) in [6.45, 7) is 4.25. The molecule has 0 aliphatic carbocycles. The van der Waals surface area contributed by atoms with Gasteiger partial charge in [-0.1, -0.05) is 32.0 Å². The van der Waals surface area contributed by atoms with Gasteiger partial charge in [0, 0.05) is 6.42 Å². The first kappa shape index (κ1) is 11.8. The monoisotopic (exact) mass is 206 g/mol. The molecule has 0 amide bonds. The number of hydrogen-bond donors (Lipinski definition) is 0. The third-order valence-corrected chi connectivity index (χ3v) is 2.69. The van der Waals surface area contributed by atoms with Gasteiger partial charge in [0.1, 0.15) is 12.0 Å². The fourth-order valence-electron chi connectivity index (χ4n) is 1.83. The largest absolute Gasteiger partial charge is 0.496 e. The Bertz CT molecular complexity index is 318. The Hall–Kier alpha value is -1.31. The predicted molar refractivity (Wildman–Crippen MR) is 61.3 cm³/mol. The maximum atomic E-state index is 10.7. The number of hydrogen-bond acceptors (Lipinski definition) is 2. The van der Waals surface area contributed by atoms with E-state index in [-0.39, 0.29) is 5.92 Å². The average Bonchev–Trinajstić information content (AvgIpc) is 2.25. The molecule has 0 fully saturated rings. The molecule has 15 heavy (non-hydrogen) atoms. The molecule has 0 heterocycles. The van der Waals surface area contributed by atoms with Gasteiger partial charge in [-0.2, -0.15) is 0 Å². The molecule has 0 saturated carbocycles. The Morgan fingerprint density at radius 1 is 1.33 bits per heavy atom. The van der Waals surface area contributed by atoms with Crippen LogP contribution in [0.2, 0.25) is 0 Å². The van der Waals surface area contributed by atoms with Gasteiger partial charge in [0.2, 0.25) is 0 Å². The van der Waals surface area contributed by atoms with Crippen LogP contribution in [0.15, 0.2) is 24.3 Å². The van der Waals surface area contributed by atoms with Crippen LogP contribution >= 0.6 is 0 Å². The standard InChI is InChI=1S/C13H18O2/c1-10(2)11(8-9-14)12-6-4-5-7-13(12)15-3/h4-7,9-11H,8H2,1-3H3. The predicted octanol–water partition coefficient (Wildman–Crippen LogP) is 3.02. The first-order valence-electron chi connectivity index (χ1n) is 5.27. The number of rotatable bonds is 5. The van der Waals surface area contributed by atoms with E-state index in [4.69, 9.17) is 4.74 Å². The SMILES string of the molecule is COc1ccccc1C(CC=O)C(C)C. The molecule has 2 nitrogen and oxygen atoms in total. The lowest BCUT2D eigenvalue weighted by atomic mass is 9.86. The molecule has 82 valence electrons. The second kappa shape index (κ2) is 5.54. The van der Waals surface area contributed by atoms with Crippen LogP contribution in [0, 0.1) is 5.92 Å². The topological polar surface area (TPSA) is 26.3 Å². The quantitative estimate of drug-likeness (QED) is 0.692. The summed E-state index contributed by atoms with van der Waals surface area (Å²) in [5.41, 5.74) is 1.13. The molecule has 1 atom stereocenters. The van der Waals surface area contributed by atoms with Crippen molar-refractivity contribution >= 4 is 6.29 Å². The van der Waals surface area contributed by atoms with Gasteiger partial charge in [0.15, 0.2) is 0 Å². The minimum absolute atomic E-state index is 0.249. The van der Waals surface area contributed by atoms with E-state index in [1.54, 1.807) is 7.11 Å². The normalized spacial score (nSPS) is 12.5. The molecule has 0 aliphatic rings. The van der Waals surface area contributed by atoms with Gasteiger partial charge in [0.25, 0.3) is 0 Å². The summed E-state index contributed by atoms with van der Waals surface area (Å²) in [6, 6.07) is 7.90. The minimum Gasteiger partial charge on any atom is -0.496 e. The molecule has 2 heteroatoms. The highest BCUT2D eigenvalue weighted by molar-refractivity contribution is 5.53. The molecule has 0 aromatic heterocycles. The summed E-state index contributed by atoms with van der Waals surface area (Å²) in [6.07, 6.45) is 1.54. The first-order chi connectivity index (χ1) is 7.20. The van der Waals surface area contributed by atoms with E-state index in [9.17, 15) is 4.79 Å². The molecular weight excluding hydrogens is 188 g/mol. The maximum Gasteiger partial charge on any atom is 0.122 e. The van der Waals surface area contributed by atoms with Crippen molar-refractivity contribution in [3.8, 4) is 5.75 Å². The zero-order chi connectivity index (χ0) is 11.3. The summed E-state index contributed by atoms with van der Waals surface area (Å²) < 4.78 is 5.31. The molecule has 1 aromatic rings. The van der Waals surface area contributed by atoms with Crippen LogP contribution in [0.1, 0.15) is 31.7 Å². The number of para-hydroxylation sites is 1. The van der Waals surface area contributed by atoms with Gasteiger partial charge in [-0.15, -0.1) is 0 Å². The smallest absolute Gasteiger partial charge is 0.122 e. The second-order valence-electron chi connectivity index (χ2n) is 3.99. The van der Waals surface area contributed by atoms with Crippen molar-refractivity contribution in [1.29, 1.82) is 0 Å². The zero-order valence-corrected chi connectivity index (χ0v) is 9.57. The van der Waals surface area contributed by atoms with Crippen molar-refractivity contribution in [2.45, 2.75) is 26.2 Å². The summed E-state index contributed by atoms with van der Waals surface area (Å²) >= 11 is 0. The third-order valence-electron chi connectivity index (χ3n) is 2.69. The average molecular weight is 206 g/mol. The highest BCUT2D eigenvalue weighted by atomic mass is 16.5. The Morgan fingerprint density at radius 2 is 2.00 bits per heavy atom. The van der Waals surface area contributed by atoms with Gasteiger partial charge >= 0.3 is 0 Å². The second-order valence-corrected chi connectivity index (χ2v) is 3.99. The lowest BCUT2D eigenvalue weighted by Gasteiger charge is -2.21. The summed E-state index contributed by atoms with van der Waals surface area (Å²) in [4.78, 5) is 10.7. The van der Waals surface area contributed by atoms with E-state index in [1.807, 2.05) is 24.3 Å². The number of benzene rings is 1. The van der Waals surface area contributed by atoms with E-state index in [0.29, 0.717) is 12.3 Å². The van der Waals surface area contributed by atoms with E-state index < -0.39 is 0 Å². The Labute approximate surface area is 91.3 Å². The number of carbonyl (C=O) groups is 1. The zero-order valence-electron chi connectivity index (χ0n) is 9.57. The number of carbonyl (C=O) groups excluding carboxylic acids is 1. The molecule has 1 unspecified atom stereocenters. The van der Waals surface area contributed by atoms with Crippen molar-refractivity contribution in [2.24, 2.45) is 5.92 Å². The van der Waals surface area contributed by atoms with Crippen molar-refractivity contribution in [2.75, 3.05) is 7.11 Å². The van der Waals surface area contributed by atoms with E-state index in [1.165, 1.54) is 0 Å². The molecule has 1 rings (SSSR count). The maximum absolute atomic E-state index is 10.7. The molecule has 0 N–H and O–H groups in total. The van der Waals surface area contributed by atoms with Gasteiger partial charge in [-0.3, -0.25) is 0 Å². The van der Waals surface area contributed by atoms with Crippen molar-refractivity contribution < 1.29 is 9.53 Å². The van der Waals surface area contributed by atoms with Crippen LogP contribution in [-0.4, -0.2) is 13.4 Å². The van der Waals surface area contributed by atoms with Crippen LogP contribution < -0.4 is 4.74 Å². The molecular formula is C13H18O2. The highest BCUT2D eigenvalue weighted by Crippen LogP contribution is 2.33.